The van der Waals surface area contributed by atoms with Gasteiger partial charge in [-0.2, -0.15) is 0 Å². The predicted molar refractivity (Wildman–Crippen MR) is 90.9 cm³/mol. The minimum absolute atomic E-state index is 0.00187. The van der Waals surface area contributed by atoms with Crippen LogP contribution in [0.5, 0.6) is 0 Å². The van der Waals surface area contributed by atoms with Crippen LogP contribution in [0.25, 0.3) is 0 Å². The van der Waals surface area contributed by atoms with Crippen molar-refractivity contribution in [2.75, 3.05) is 23.4 Å². The second-order valence-corrected chi connectivity index (χ2v) is 7.99. The van der Waals surface area contributed by atoms with Crippen LogP contribution in [0.3, 0.4) is 0 Å². The maximum atomic E-state index is 12.2. The van der Waals surface area contributed by atoms with Gasteiger partial charge in [-0.1, -0.05) is 6.07 Å². The van der Waals surface area contributed by atoms with Crippen molar-refractivity contribution in [3.63, 3.8) is 0 Å². The molecule has 0 radical (unpaired) electrons. The van der Waals surface area contributed by atoms with Gasteiger partial charge in [-0.3, -0.25) is 4.79 Å². The number of rotatable bonds is 5. The first-order valence-corrected chi connectivity index (χ1v) is 9.47. The van der Waals surface area contributed by atoms with Crippen LogP contribution in [0.1, 0.15) is 16.8 Å². The number of amides is 1. The zero-order valence-corrected chi connectivity index (χ0v) is 13.8. The molecule has 1 aromatic carbocycles. The Morgan fingerprint density at radius 1 is 1.21 bits per heavy atom. The molecule has 1 fully saturated rings. The summed E-state index contributed by atoms with van der Waals surface area (Å²) in [6.45, 7) is 0.373. The summed E-state index contributed by atoms with van der Waals surface area (Å²) in [5.74, 6) is 0.589. The zero-order chi connectivity index (χ0) is 17.0. The number of carbonyl (C=O) groups excluding carboxylic acids is 1. The quantitative estimate of drug-likeness (QED) is 0.848. The average molecular weight is 346 g/mol. The van der Waals surface area contributed by atoms with Crippen LogP contribution in [-0.4, -0.2) is 42.3 Å². The summed E-state index contributed by atoms with van der Waals surface area (Å²) in [5, 5.41) is 5.83. The van der Waals surface area contributed by atoms with Crippen molar-refractivity contribution in [1.29, 1.82) is 0 Å². The van der Waals surface area contributed by atoms with E-state index in [2.05, 4.69) is 20.6 Å². The van der Waals surface area contributed by atoms with Gasteiger partial charge in [0.05, 0.1) is 11.5 Å². The molecule has 1 aliphatic rings. The van der Waals surface area contributed by atoms with Crippen LogP contribution >= 0.6 is 0 Å². The molecule has 2 aromatic rings. The second-order valence-electron chi connectivity index (χ2n) is 5.76. The number of aromatic nitrogens is 2. The highest BCUT2D eigenvalue weighted by Crippen LogP contribution is 2.18. The van der Waals surface area contributed by atoms with Crippen LogP contribution in [0.2, 0.25) is 0 Å². The van der Waals surface area contributed by atoms with Crippen LogP contribution in [-0.2, 0) is 9.84 Å². The van der Waals surface area contributed by atoms with Crippen LogP contribution < -0.4 is 10.6 Å². The molecular formula is C16H18N4O3S. The molecule has 0 unspecified atom stereocenters. The molecule has 24 heavy (non-hydrogen) atoms. The Bertz CT molecular complexity index is 824. The van der Waals surface area contributed by atoms with Crippen LogP contribution in [0, 0.1) is 5.92 Å². The van der Waals surface area contributed by atoms with Gasteiger partial charge in [0.1, 0.15) is 0 Å². The Morgan fingerprint density at radius 2 is 2.00 bits per heavy atom. The van der Waals surface area contributed by atoms with E-state index in [1.165, 1.54) is 0 Å². The van der Waals surface area contributed by atoms with E-state index in [0.717, 1.165) is 0 Å². The average Bonchev–Trinajstić information content (AvgIpc) is 2.93. The summed E-state index contributed by atoms with van der Waals surface area (Å²) < 4.78 is 22.9. The normalized spacial score (nSPS) is 18.9. The van der Waals surface area contributed by atoms with Crippen LogP contribution in [0.15, 0.2) is 42.7 Å². The van der Waals surface area contributed by atoms with E-state index in [1.54, 1.807) is 36.7 Å². The highest BCUT2D eigenvalue weighted by atomic mass is 32.2. The van der Waals surface area contributed by atoms with Crippen molar-refractivity contribution >= 4 is 27.4 Å². The summed E-state index contributed by atoms with van der Waals surface area (Å²) in [4.78, 5) is 20.4. The lowest BCUT2D eigenvalue weighted by Crippen LogP contribution is -2.29. The van der Waals surface area contributed by atoms with E-state index in [1.807, 2.05) is 6.07 Å². The van der Waals surface area contributed by atoms with Gasteiger partial charge < -0.3 is 10.6 Å². The molecule has 126 valence electrons. The molecule has 2 heterocycles. The highest BCUT2D eigenvalue weighted by Gasteiger charge is 2.27. The van der Waals surface area contributed by atoms with E-state index in [9.17, 15) is 13.2 Å². The first kappa shape index (κ1) is 16.4. The predicted octanol–water partition coefficient (Wildman–Crippen LogP) is 1.38. The lowest BCUT2D eigenvalue weighted by molar-refractivity contribution is 0.0948. The van der Waals surface area contributed by atoms with E-state index in [0.29, 0.717) is 30.2 Å². The van der Waals surface area contributed by atoms with Gasteiger partial charge in [-0.15, -0.1) is 0 Å². The van der Waals surface area contributed by atoms with E-state index < -0.39 is 9.84 Å². The molecule has 3 rings (SSSR count). The summed E-state index contributed by atoms with van der Waals surface area (Å²) >= 11 is 0. The first-order chi connectivity index (χ1) is 11.5. The minimum atomic E-state index is -2.92. The van der Waals surface area contributed by atoms with E-state index >= 15 is 0 Å². The fraction of sp³-hybridized carbons (Fsp3) is 0.312. The molecular weight excluding hydrogens is 328 g/mol. The molecule has 1 aromatic heterocycles. The Labute approximate surface area is 140 Å². The fourth-order valence-electron chi connectivity index (χ4n) is 2.60. The number of benzene rings is 1. The fourth-order valence-corrected chi connectivity index (χ4v) is 4.46. The van der Waals surface area contributed by atoms with Gasteiger partial charge in [-0.25, -0.2) is 18.4 Å². The standard InChI is InChI=1S/C16H18N4O3S/c21-15(19-10-12-5-8-24(22,23)11-12)13-3-1-4-14(9-13)20-16-17-6-2-7-18-16/h1-4,6-7,9,12H,5,8,10-11H2,(H,19,21)(H,17,18,20)/t12-/m0/s1. The number of anilines is 2. The van der Waals surface area contributed by atoms with Crippen molar-refractivity contribution < 1.29 is 13.2 Å². The summed E-state index contributed by atoms with van der Waals surface area (Å²) in [6.07, 6.45) is 3.86. The van der Waals surface area contributed by atoms with Gasteiger partial charge in [0, 0.05) is 30.2 Å². The summed E-state index contributed by atoms with van der Waals surface area (Å²) in [5.41, 5.74) is 1.20. The Morgan fingerprint density at radius 3 is 2.71 bits per heavy atom. The molecule has 0 aliphatic carbocycles. The number of carbonyl (C=O) groups is 1. The third-order valence-corrected chi connectivity index (χ3v) is 5.66. The number of nitrogens with zero attached hydrogens (tertiary/aromatic N) is 2. The number of sulfone groups is 1. The van der Waals surface area contributed by atoms with Gasteiger partial charge >= 0.3 is 0 Å². The van der Waals surface area contributed by atoms with Crippen molar-refractivity contribution in [2.24, 2.45) is 5.92 Å². The smallest absolute Gasteiger partial charge is 0.251 e. The third kappa shape index (κ3) is 4.29. The number of hydrogen-bond acceptors (Lipinski definition) is 6. The largest absolute Gasteiger partial charge is 0.352 e. The first-order valence-electron chi connectivity index (χ1n) is 7.64. The minimum Gasteiger partial charge on any atom is -0.352 e. The molecule has 1 aliphatic heterocycles. The molecule has 1 atom stereocenters. The number of nitrogens with one attached hydrogen (secondary N) is 2. The monoisotopic (exact) mass is 346 g/mol. The van der Waals surface area contributed by atoms with Gasteiger partial charge in [0.2, 0.25) is 5.95 Å². The Balaban J connectivity index is 1.60. The molecule has 0 saturated carbocycles. The maximum absolute atomic E-state index is 12.2. The van der Waals surface area contributed by atoms with Crippen molar-refractivity contribution in [3.05, 3.63) is 48.3 Å². The van der Waals surface area contributed by atoms with Crippen LogP contribution in [0.4, 0.5) is 11.6 Å². The Hall–Kier alpha value is -2.48. The lowest BCUT2D eigenvalue weighted by atomic mass is 10.1. The molecule has 1 amide bonds. The molecule has 7 nitrogen and oxygen atoms in total. The molecule has 2 N–H and O–H groups in total. The van der Waals surface area contributed by atoms with Gasteiger partial charge in [0.15, 0.2) is 9.84 Å². The zero-order valence-electron chi connectivity index (χ0n) is 13.0. The molecule has 1 saturated heterocycles. The lowest BCUT2D eigenvalue weighted by Gasteiger charge is -2.11. The van der Waals surface area contributed by atoms with Crippen molar-refractivity contribution in [1.82, 2.24) is 15.3 Å². The van der Waals surface area contributed by atoms with Crippen molar-refractivity contribution in [3.8, 4) is 0 Å². The topological polar surface area (TPSA) is 101 Å². The molecule has 8 heteroatoms. The van der Waals surface area contributed by atoms with E-state index in [-0.39, 0.29) is 23.3 Å². The highest BCUT2D eigenvalue weighted by molar-refractivity contribution is 7.91. The van der Waals surface area contributed by atoms with E-state index in [4.69, 9.17) is 0 Å². The Kier molecular flexibility index (Phi) is 4.75. The molecule has 0 bridgehead atoms. The summed E-state index contributed by atoms with van der Waals surface area (Å²) in [6, 6.07) is 8.71. The van der Waals surface area contributed by atoms with Gasteiger partial charge in [-0.05, 0) is 36.6 Å². The maximum Gasteiger partial charge on any atom is 0.251 e. The number of hydrogen-bond donors (Lipinski definition) is 2. The summed E-state index contributed by atoms with van der Waals surface area (Å²) in [7, 11) is -2.92. The third-order valence-electron chi connectivity index (χ3n) is 3.82. The van der Waals surface area contributed by atoms with Gasteiger partial charge in [0.25, 0.3) is 5.91 Å². The second kappa shape index (κ2) is 6.96. The molecule has 0 spiro atoms. The van der Waals surface area contributed by atoms with Crippen molar-refractivity contribution in [2.45, 2.75) is 6.42 Å². The SMILES string of the molecule is O=C(NC[C@@H]1CCS(=O)(=O)C1)c1cccc(Nc2ncccn2)c1.